The molecule has 0 aromatic heterocycles. The van der Waals surface area contributed by atoms with Crippen molar-refractivity contribution in [3.05, 3.63) is 29.6 Å². The number of benzene rings is 1. The summed E-state index contributed by atoms with van der Waals surface area (Å²) >= 11 is 0. The van der Waals surface area contributed by atoms with E-state index in [9.17, 15) is 17.6 Å². The molecule has 140 valence electrons. The van der Waals surface area contributed by atoms with Crippen LogP contribution in [0.15, 0.2) is 23.1 Å². The van der Waals surface area contributed by atoms with E-state index in [0.29, 0.717) is 19.5 Å². The number of rotatable bonds is 8. The first-order valence-corrected chi connectivity index (χ1v) is 10.2. The van der Waals surface area contributed by atoms with Gasteiger partial charge in [0, 0.05) is 25.7 Å². The third-order valence-corrected chi connectivity index (χ3v) is 5.91. The maximum absolute atomic E-state index is 14.3. The molecule has 6 nitrogen and oxygen atoms in total. The van der Waals surface area contributed by atoms with Gasteiger partial charge in [0.1, 0.15) is 5.82 Å². The zero-order chi connectivity index (χ0) is 18.4. The Morgan fingerprint density at radius 3 is 2.60 bits per heavy atom. The number of halogens is 1. The molecule has 1 unspecified atom stereocenters. The van der Waals surface area contributed by atoms with Crippen molar-refractivity contribution in [3.63, 3.8) is 0 Å². The van der Waals surface area contributed by atoms with Crippen LogP contribution < -0.4 is 10.5 Å². The number of hydrogen-bond donors (Lipinski definition) is 2. The standard InChI is InChI=1S/C17H26FN3O3S/c1-2-3-6-13(12-19)20-25(23,24)14-7-8-15(16(18)11-14)17(22)21-9-4-5-10-21/h7-8,11,13,20H,2-6,9-10,12,19H2,1H3. The molecule has 0 spiro atoms. The smallest absolute Gasteiger partial charge is 0.256 e. The molecule has 3 N–H and O–H groups in total. The van der Waals surface area contributed by atoms with Crippen LogP contribution in [0.4, 0.5) is 4.39 Å². The summed E-state index contributed by atoms with van der Waals surface area (Å²) in [5.41, 5.74) is 5.52. The number of hydrogen-bond acceptors (Lipinski definition) is 4. The fourth-order valence-electron chi connectivity index (χ4n) is 2.89. The second kappa shape index (κ2) is 8.73. The van der Waals surface area contributed by atoms with Crippen molar-refractivity contribution in [1.29, 1.82) is 0 Å². The zero-order valence-electron chi connectivity index (χ0n) is 14.5. The number of nitrogens with zero attached hydrogens (tertiary/aromatic N) is 1. The lowest BCUT2D eigenvalue weighted by molar-refractivity contribution is 0.0788. The van der Waals surface area contributed by atoms with E-state index in [4.69, 9.17) is 5.73 Å². The van der Waals surface area contributed by atoms with Crippen LogP contribution in [0.5, 0.6) is 0 Å². The van der Waals surface area contributed by atoms with Crippen LogP contribution in [0.3, 0.4) is 0 Å². The number of likely N-dealkylation sites (tertiary alicyclic amines) is 1. The molecule has 0 aliphatic carbocycles. The van der Waals surface area contributed by atoms with Crippen molar-refractivity contribution < 1.29 is 17.6 Å². The molecule has 1 aliphatic heterocycles. The first-order chi connectivity index (χ1) is 11.9. The van der Waals surface area contributed by atoms with Crippen molar-refractivity contribution in [1.82, 2.24) is 9.62 Å². The Kier molecular flexibility index (Phi) is 6.92. The second-order valence-corrected chi connectivity index (χ2v) is 8.05. The van der Waals surface area contributed by atoms with E-state index in [-0.39, 0.29) is 23.0 Å². The van der Waals surface area contributed by atoms with E-state index in [1.165, 1.54) is 12.1 Å². The minimum absolute atomic E-state index is 0.0952. The Hall–Kier alpha value is -1.51. The maximum Gasteiger partial charge on any atom is 0.256 e. The molecule has 2 rings (SSSR count). The van der Waals surface area contributed by atoms with E-state index in [1.54, 1.807) is 4.90 Å². The minimum Gasteiger partial charge on any atom is -0.339 e. The normalized spacial score (nSPS) is 16.2. The summed E-state index contributed by atoms with van der Waals surface area (Å²) in [6.45, 7) is 3.39. The van der Waals surface area contributed by atoms with Gasteiger partial charge in [-0.3, -0.25) is 4.79 Å². The molecule has 1 aromatic rings. The topological polar surface area (TPSA) is 92.5 Å². The number of nitrogens with one attached hydrogen (secondary N) is 1. The van der Waals surface area contributed by atoms with Crippen molar-refractivity contribution in [2.45, 2.75) is 50.0 Å². The minimum atomic E-state index is -3.88. The summed E-state index contributed by atoms with van der Waals surface area (Å²) in [6, 6.07) is 3.02. The van der Waals surface area contributed by atoms with Crippen LogP contribution in [0.25, 0.3) is 0 Å². The molecule has 1 fully saturated rings. The molecular weight excluding hydrogens is 345 g/mol. The van der Waals surface area contributed by atoms with E-state index < -0.39 is 21.7 Å². The van der Waals surface area contributed by atoms with Gasteiger partial charge in [-0.1, -0.05) is 19.8 Å². The predicted octanol–water partition coefficient (Wildman–Crippen LogP) is 1.86. The van der Waals surface area contributed by atoms with E-state index in [2.05, 4.69) is 4.72 Å². The SMILES string of the molecule is CCCCC(CN)NS(=O)(=O)c1ccc(C(=O)N2CCCC2)c(F)c1. The van der Waals surface area contributed by atoms with Gasteiger partial charge in [-0.15, -0.1) is 0 Å². The van der Waals surface area contributed by atoms with Gasteiger partial charge in [0.25, 0.3) is 5.91 Å². The molecule has 1 saturated heterocycles. The quantitative estimate of drug-likeness (QED) is 0.729. The van der Waals surface area contributed by atoms with E-state index in [0.717, 1.165) is 31.7 Å². The van der Waals surface area contributed by atoms with E-state index in [1.807, 2.05) is 6.92 Å². The first kappa shape index (κ1) is 19.8. The highest BCUT2D eigenvalue weighted by atomic mass is 32.2. The fourth-order valence-corrected chi connectivity index (χ4v) is 4.18. The fraction of sp³-hybridized carbons (Fsp3) is 0.588. The number of carbonyl (C=O) groups is 1. The Balaban J connectivity index is 2.16. The molecule has 1 atom stereocenters. The lowest BCUT2D eigenvalue weighted by atomic mass is 10.1. The predicted molar refractivity (Wildman–Crippen MR) is 94.2 cm³/mol. The molecule has 1 amide bonds. The Morgan fingerprint density at radius 2 is 2.04 bits per heavy atom. The van der Waals surface area contributed by atoms with Crippen LogP contribution in [-0.4, -0.2) is 44.9 Å². The van der Waals surface area contributed by atoms with Crippen LogP contribution in [0, 0.1) is 5.82 Å². The molecule has 8 heteroatoms. The van der Waals surface area contributed by atoms with Gasteiger partial charge in [0.05, 0.1) is 10.5 Å². The van der Waals surface area contributed by atoms with Crippen molar-refractivity contribution in [3.8, 4) is 0 Å². The molecule has 0 saturated carbocycles. The van der Waals surface area contributed by atoms with Gasteiger partial charge in [-0.25, -0.2) is 17.5 Å². The Labute approximate surface area is 148 Å². The monoisotopic (exact) mass is 371 g/mol. The van der Waals surface area contributed by atoms with Crippen LogP contribution in [0.2, 0.25) is 0 Å². The molecular formula is C17H26FN3O3S. The third kappa shape index (κ3) is 4.99. The van der Waals surface area contributed by atoms with Crippen molar-refractivity contribution in [2.24, 2.45) is 5.73 Å². The highest BCUT2D eigenvalue weighted by Crippen LogP contribution is 2.19. The third-order valence-electron chi connectivity index (χ3n) is 4.39. The summed E-state index contributed by atoms with van der Waals surface area (Å²) in [5.74, 6) is -1.22. The summed E-state index contributed by atoms with van der Waals surface area (Å²) < 4.78 is 41.7. The average molecular weight is 371 g/mol. The van der Waals surface area contributed by atoms with Crippen molar-refractivity contribution >= 4 is 15.9 Å². The van der Waals surface area contributed by atoms with Crippen LogP contribution in [0.1, 0.15) is 49.4 Å². The van der Waals surface area contributed by atoms with Gasteiger partial charge in [-0.2, -0.15) is 0 Å². The van der Waals surface area contributed by atoms with Gasteiger partial charge in [-0.05, 0) is 37.5 Å². The molecule has 1 aliphatic rings. The molecule has 0 bridgehead atoms. The summed E-state index contributed by atoms with van der Waals surface area (Å²) in [4.78, 5) is 13.7. The van der Waals surface area contributed by atoms with E-state index >= 15 is 0 Å². The van der Waals surface area contributed by atoms with Crippen LogP contribution >= 0.6 is 0 Å². The van der Waals surface area contributed by atoms with Crippen molar-refractivity contribution in [2.75, 3.05) is 19.6 Å². The summed E-state index contributed by atoms with van der Waals surface area (Å²) in [6.07, 6.45) is 4.21. The molecule has 0 radical (unpaired) electrons. The number of unbranched alkanes of at least 4 members (excludes halogenated alkanes) is 1. The Morgan fingerprint density at radius 1 is 1.36 bits per heavy atom. The largest absolute Gasteiger partial charge is 0.339 e. The number of amides is 1. The average Bonchev–Trinajstić information content (AvgIpc) is 3.12. The highest BCUT2D eigenvalue weighted by molar-refractivity contribution is 7.89. The van der Waals surface area contributed by atoms with Gasteiger partial charge in [0.15, 0.2) is 0 Å². The van der Waals surface area contributed by atoms with Gasteiger partial charge < -0.3 is 10.6 Å². The van der Waals surface area contributed by atoms with Gasteiger partial charge in [0.2, 0.25) is 10.0 Å². The Bertz CT molecular complexity index is 703. The summed E-state index contributed by atoms with van der Waals surface area (Å²) in [5, 5.41) is 0. The van der Waals surface area contributed by atoms with Crippen LogP contribution in [-0.2, 0) is 10.0 Å². The molecule has 1 aromatic carbocycles. The lowest BCUT2D eigenvalue weighted by Gasteiger charge is -2.18. The highest BCUT2D eigenvalue weighted by Gasteiger charge is 2.25. The maximum atomic E-state index is 14.3. The molecule has 25 heavy (non-hydrogen) atoms. The second-order valence-electron chi connectivity index (χ2n) is 6.34. The molecule has 1 heterocycles. The summed E-state index contributed by atoms with van der Waals surface area (Å²) in [7, 11) is -3.88. The van der Waals surface area contributed by atoms with Gasteiger partial charge >= 0.3 is 0 Å². The zero-order valence-corrected chi connectivity index (χ0v) is 15.3. The lowest BCUT2D eigenvalue weighted by Crippen LogP contribution is -2.40. The number of carbonyl (C=O) groups excluding carboxylic acids is 1. The number of nitrogens with two attached hydrogens (primary N) is 1. The number of sulfonamides is 1. The first-order valence-electron chi connectivity index (χ1n) is 8.70.